The molecule has 0 aliphatic rings. The van der Waals surface area contributed by atoms with Gasteiger partial charge in [0.1, 0.15) is 0 Å². The smallest absolute Gasteiger partial charge is 0.322 e. The van der Waals surface area contributed by atoms with Crippen molar-refractivity contribution in [1.29, 1.82) is 0 Å². The second-order valence-electron chi connectivity index (χ2n) is 12.1. The number of ether oxygens (including phenoxy) is 1. The van der Waals surface area contributed by atoms with Crippen molar-refractivity contribution in [2.24, 2.45) is 5.73 Å². The van der Waals surface area contributed by atoms with Crippen LogP contribution in [0.1, 0.15) is 194 Å². The van der Waals surface area contributed by atoms with Gasteiger partial charge in [0.2, 0.25) is 0 Å². The molecular formula is C36H68NO4P. The number of unbranched alkanes of at least 4 members (excludes halogenated alkanes) is 23. The van der Waals surface area contributed by atoms with Crippen LogP contribution in [0.25, 0.3) is 0 Å². The van der Waals surface area contributed by atoms with E-state index in [1.165, 1.54) is 116 Å². The van der Waals surface area contributed by atoms with Crippen molar-refractivity contribution in [2.45, 2.75) is 194 Å². The molecule has 2 N–H and O–H groups in total. The molecule has 42 heavy (non-hydrogen) atoms. The van der Waals surface area contributed by atoms with Crippen molar-refractivity contribution in [3.05, 3.63) is 12.2 Å². The number of carbonyl (C=O) groups excluding carboxylic acids is 2. The van der Waals surface area contributed by atoms with Gasteiger partial charge in [-0.05, 0) is 38.5 Å². The minimum absolute atomic E-state index is 0.0533. The van der Waals surface area contributed by atoms with E-state index in [-0.39, 0.29) is 30.4 Å². The maximum Gasteiger partial charge on any atom is 0.322 e. The summed E-state index contributed by atoms with van der Waals surface area (Å²) in [6.45, 7) is 4.35. The molecule has 0 fully saturated rings. The SMILES string of the molecule is CCCCCCCC/C=C\CCCCCCCC(=O)/[P+]([O-])=C(\CN)OC(=O)CCCCCCCCCCCCCCC. The molecule has 1 unspecified atom stereocenters. The molecule has 6 heteroatoms. The summed E-state index contributed by atoms with van der Waals surface area (Å²) in [6.07, 6.45) is 36.8. The molecule has 0 aromatic carbocycles. The first-order valence-electron chi connectivity index (χ1n) is 18.0. The first-order valence-corrected chi connectivity index (χ1v) is 19.2. The van der Waals surface area contributed by atoms with E-state index in [1.807, 2.05) is 0 Å². The Balaban J connectivity index is 3.80. The Labute approximate surface area is 261 Å². The predicted molar refractivity (Wildman–Crippen MR) is 182 cm³/mol. The number of esters is 1. The quantitative estimate of drug-likeness (QED) is 0.0354. The van der Waals surface area contributed by atoms with E-state index in [0.29, 0.717) is 0 Å². The fourth-order valence-corrected chi connectivity index (χ4v) is 6.21. The number of hydrogen-bond donors (Lipinski definition) is 1. The van der Waals surface area contributed by atoms with E-state index in [0.717, 1.165) is 51.4 Å². The van der Waals surface area contributed by atoms with Crippen LogP contribution in [-0.4, -0.2) is 23.5 Å². The molecule has 5 nitrogen and oxygen atoms in total. The molecule has 0 amide bonds. The van der Waals surface area contributed by atoms with Gasteiger partial charge in [0.25, 0.3) is 5.48 Å². The largest absolute Gasteiger partial charge is 0.621 e. The van der Waals surface area contributed by atoms with Crippen LogP contribution in [0.2, 0.25) is 0 Å². The van der Waals surface area contributed by atoms with Gasteiger partial charge < -0.3 is 15.4 Å². The molecule has 0 bridgehead atoms. The van der Waals surface area contributed by atoms with E-state index < -0.39 is 13.7 Å². The van der Waals surface area contributed by atoms with Crippen LogP contribution in [0.15, 0.2) is 12.2 Å². The highest BCUT2D eigenvalue weighted by atomic mass is 31.1. The van der Waals surface area contributed by atoms with Crippen LogP contribution in [0.3, 0.4) is 0 Å². The lowest BCUT2D eigenvalue weighted by molar-refractivity contribution is -0.160. The Morgan fingerprint density at radius 3 is 1.33 bits per heavy atom. The van der Waals surface area contributed by atoms with Crippen molar-refractivity contribution >= 4 is 24.7 Å². The first kappa shape index (κ1) is 41.0. The van der Waals surface area contributed by atoms with E-state index >= 15 is 0 Å². The van der Waals surface area contributed by atoms with Crippen molar-refractivity contribution in [3.8, 4) is 0 Å². The van der Waals surface area contributed by atoms with Gasteiger partial charge in [-0.25, -0.2) is 4.79 Å². The number of allylic oxidation sites excluding steroid dienone is 2. The minimum atomic E-state index is -2.37. The molecule has 246 valence electrons. The zero-order valence-corrected chi connectivity index (χ0v) is 28.7. The minimum Gasteiger partial charge on any atom is -0.621 e. The molecule has 0 heterocycles. The van der Waals surface area contributed by atoms with Crippen LogP contribution in [0, 0.1) is 0 Å². The molecule has 0 rings (SSSR count). The highest BCUT2D eigenvalue weighted by Crippen LogP contribution is 2.21. The van der Waals surface area contributed by atoms with Crippen LogP contribution < -0.4 is 10.6 Å². The molecule has 0 radical (unpaired) electrons. The zero-order valence-electron chi connectivity index (χ0n) is 27.8. The predicted octanol–water partition coefficient (Wildman–Crippen LogP) is 10.4. The molecule has 0 aliphatic carbocycles. The van der Waals surface area contributed by atoms with Crippen molar-refractivity contribution in [1.82, 2.24) is 0 Å². The molecule has 0 aromatic rings. The Bertz CT molecular complexity index is 692. The van der Waals surface area contributed by atoms with Gasteiger partial charge in [-0.15, -0.1) is 0 Å². The normalized spacial score (nSPS) is 12.2. The van der Waals surface area contributed by atoms with Crippen LogP contribution in [-0.2, 0) is 14.3 Å². The Morgan fingerprint density at radius 1 is 0.571 bits per heavy atom. The lowest BCUT2D eigenvalue weighted by Gasteiger charge is -2.07. The summed E-state index contributed by atoms with van der Waals surface area (Å²) in [4.78, 5) is 37.2. The first-order chi connectivity index (χ1) is 20.6. The van der Waals surface area contributed by atoms with Crippen LogP contribution >= 0.6 is 7.77 Å². The molecule has 0 spiro atoms. The summed E-state index contributed by atoms with van der Waals surface area (Å²) in [7, 11) is -2.37. The van der Waals surface area contributed by atoms with E-state index in [1.54, 1.807) is 0 Å². The maximum atomic E-state index is 12.6. The average molecular weight is 610 g/mol. The highest BCUT2D eigenvalue weighted by molar-refractivity contribution is 7.68. The third-order valence-corrected chi connectivity index (χ3v) is 9.40. The number of hydrogen-bond acceptors (Lipinski definition) is 5. The van der Waals surface area contributed by atoms with Crippen molar-refractivity contribution in [3.63, 3.8) is 0 Å². The van der Waals surface area contributed by atoms with Gasteiger partial charge in [0, 0.05) is 6.42 Å². The Kier molecular flexibility index (Phi) is 32.1. The molecule has 0 saturated carbocycles. The van der Waals surface area contributed by atoms with Crippen molar-refractivity contribution < 1.29 is 19.2 Å². The summed E-state index contributed by atoms with van der Waals surface area (Å²) >= 11 is 0. The average Bonchev–Trinajstić information content (AvgIpc) is 2.99. The van der Waals surface area contributed by atoms with Crippen LogP contribution in [0.4, 0.5) is 0 Å². The van der Waals surface area contributed by atoms with Gasteiger partial charge in [-0.2, -0.15) is 0 Å². The summed E-state index contributed by atoms with van der Waals surface area (Å²) < 4.78 is 5.26. The lowest BCUT2D eigenvalue weighted by Crippen LogP contribution is -2.24. The van der Waals surface area contributed by atoms with E-state index in [2.05, 4.69) is 26.0 Å². The van der Waals surface area contributed by atoms with Gasteiger partial charge in [-0.1, -0.05) is 154 Å². The monoisotopic (exact) mass is 609 g/mol. The molecular weight excluding hydrogens is 541 g/mol. The van der Waals surface area contributed by atoms with Gasteiger partial charge >= 0.3 is 11.5 Å². The van der Waals surface area contributed by atoms with Crippen LogP contribution in [0.5, 0.6) is 0 Å². The standard InChI is InChI=1S/C36H68NO4P/c1-3-5-7-9-11-13-15-17-18-20-22-24-26-28-30-32-35(39)42(40)36(33-37)41-34(38)31-29-27-25-23-21-19-16-14-12-10-8-6-4-2/h17-18H,3-16,19-33,37H2,1-2H3/b18-17-. The van der Waals surface area contributed by atoms with Crippen molar-refractivity contribution in [2.75, 3.05) is 6.54 Å². The molecule has 0 saturated heterocycles. The summed E-state index contributed by atoms with van der Waals surface area (Å²) in [5, 5.41) is 0. The summed E-state index contributed by atoms with van der Waals surface area (Å²) in [5.41, 5.74) is 5.26. The van der Waals surface area contributed by atoms with Gasteiger partial charge in [0.15, 0.2) is 7.77 Å². The molecule has 0 aliphatic heterocycles. The van der Waals surface area contributed by atoms with E-state index in [9.17, 15) is 14.5 Å². The van der Waals surface area contributed by atoms with Gasteiger partial charge in [-0.3, -0.25) is 4.79 Å². The second kappa shape index (κ2) is 32.9. The molecule has 1 atom stereocenters. The van der Waals surface area contributed by atoms with Gasteiger partial charge in [0.05, 0.1) is 13.0 Å². The fourth-order valence-electron chi connectivity index (χ4n) is 5.22. The third-order valence-electron chi connectivity index (χ3n) is 8.00. The van der Waals surface area contributed by atoms with E-state index in [4.69, 9.17) is 10.5 Å². The molecule has 0 aromatic heterocycles. The lowest BCUT2D eigenvalue weighted by atomic mass is 10.0. The fraction of sp³-hybridized carbons (Fsp3) is 0.861. The number of carbonyl (C=O) groups is 2. The Morgan fingerprint density at radius 2 is 0.929 bits per heavy atom. The topological polar surface area (TPSA) is 92.4 Å². The number of rotatable bonds is 32. The highest BCUT2D eigenvalue weighted by Gasteiger charge is 2.21. The Hall–Kier alpha value is -1.03. The summed E-state index contributed by atoms with van der Waals surface area (Å²) in [6, 6.07) is 0. The maximum absolute atomic E-state index is 12.6. The number of nitrogens with two attached hydrogens (primary N) is 1. The third kappa shape index (κ3) is 27.8. The summed E-state index contributed by atoms with van der Waals surface area (Å²) in [5.74, 6) is -0.421. The second-order valence-corrected chi connectivity index (χ2v) is 13.7. The zero-order chi connectivity index (χ0) is 30.9.